The predicted octanol–water partition coefficient (Wildman–Crippen LogP) is 7.62. The third-order valence-electron chi connectivity index (χ3n) is 11.4. The third-order valence-corrected chi connectivity index (χ3v) is 11.4. The molecule has 1 aromatic heterocycles. The fraction of sp³-hybridized carbons (Fsp3) is 0.560. The maximum Gasteiger partial charge on any atom is 0.410 e. The van der Waals surface area contributed by atoms with Gasteiger partial charge in [-0.25, -0.2) is 9.79 Å². The zero-order chi connectivity index (χ0) is 47.9. The summed E-state index contributed by atoms with van der Waals surface area (Å²) >= 11 is 0. The van der Waals surface area contributed by atoms with Gasteiger partial charge in [-0.05, 0) is 114 Å². The molecule has 17 heteroatoms. The molecule has 17 nitrogen and oxygen atoms in total. The Hall–Kier alpha value is -5.78. The van der Waals surface area contributed by atoms with Crippen LogP contribution in [0, 0.1) is 5.41 Å². The van der Waals surface area contributed by atoms with Crippen molar-refractivity contribution in [3.05, 3.63) is 83.7 Å². The number of nitrogens with one attached hydrogen (secondary N) is 3. The predicted molar refractivity (Wildman–Crippen MR) is 256 cm³/mol. The Morgan fingerprint density at radius 3 is 2.18 bits per heavy atom. The van der Waals surface area contributed by atoms with Gasteiger partial charge in [0.05, 0.1) is 58.3 Å². The summed E-state index contributed by atoms with van der Waals surface area (Å²) in [4.78, 5) is 48.2. The smallest absolute Gasteiger partial charge is 0.410 e. The van der Waals surface area contributed by atoms with Crippen LogP contribution in [0.25, 0.3) is 0 Å². The molecule has 0 bridgehead atoms. The molecule has 0 unspecified atom stereocenters. The lowest BCUT2D eigenvalue weighted by molar-refractivity contribution is -0.140. The number of aliphatic imine (C=N–C) groups is 1. The van der Waals surface area contributed by atoms with Crippen molar-refractivity contribution in [2.24, 2.45) is 10.7 Å². The second kappa shape index (κ2) is 27.1. The summed E-state index contributed by atoms with van der Waals surface area (Å²) in [5.41, 5.74) is 7.71. The topological polar surface area (TPSA) is 218 Å². The standard InChI is InChI=1S/C50H71N7O10/c1-49(2,3)67-48(60)57-25-21-50(22-26-57,47(52)55-45(51)37-18-23-53-24-19-37)56-39-14-12-13-38(35-39)46(59)54-42-20-30-66-43-17-16-40(36-41(42)43)65-29-11-6-5-9-27-62-31-33-64-34-32-63-28-10-7-8-15-44(58)61-4/h12-14,16-19,23-24,35-36,42,56H,5-11,15,20-22,25-34H2,1-4H3,(H,54,59)(H3,51,52,55)/t42-/m1/s1. The van der Waals surface area contributed by atoms with Gasteiger partial charge in [0.1, 0.15) is 22.9 Å². The molecular weight excluding hydrogens is 859 g/mol. The molecule has 2 aliphatic heterocycles. The first kappa shape index (κ1) is 52.2. The minimum atomic E-state index is -0.929. The molecule has 0 radical (unpaired) electrons. The van der Waals surface area contributed by atoms with Gasteiger partial charge in [-0.15, -0.1) is 0 Å². The zero-order valence-electron chi connectivity index (χ0n) is 39.8. The van der Waals surface area contributed by atoms with E-state index in [4.69, 9.17) is 39.6 Å². The molecule has 0 saturated carbocycles. The van der Waals surface area contributed by atoms with Crippen molar-refractivity contribution in [3.8, 4) is 11.5 Å². The van der Waals surface area contributed by atoms with Gasteiger partial charge in [0.15, 0.2) is 5.84 Å². The first-order valence-corrected chi connectivity index (χ1v) is 23.6. The summed E-state index contributed by atoms with van der Waals surface area (Å²) in [6, 6.07) is 16.1. The number of pyridine rings is 1. The maximum atomic E-state index is 13.9. The highest BCUT2D eigenvalue weighted by molar-refractivity contribution is 6.07. The highest BCUT2D eigenvalue weighted by Gasteiger charge is 2.41. The molecule has 366 valence electrons. The molecule has 5 rings (SSSR count). The normalized spacial score (nSPS) is 15.7. The number of piperidine rings is 1. The Morgan fingerprint density at radius 1 is 0.851 bits per heavy atom. The third kappa shape index (κ3) is 17.8. The van der Waals surface area contributed by atoms with E-state index in [1.807, 2.05) is 51.1 Å². The van der Waals surface area contributed by atoms with Crippen molar-refractivity contribution in [1.29, 1.82) is 5.41 Å². The van der Waals surface area contributed by atoms with Crippen molar-refractivity contribution < 1.29 is 47.5 Å². The summed E-state index contributed by atoms with van der Waals surface area (Å²) in [5, 5.41) is 15.4. The summed E-state index contributed by atoms with van der Waals surface area (Å²) in [6.07, 6.45) is 11.2. The summed E-state index contributed by atoms with van der Waals surface area (Å²) < 4.78 is 39.2. The molecule has 2 aromatic carbocycles. The molecule has 1 atom stereocenters. The second-order valence-corrected chi connectivity index (χ2v) is 17.7. The largest absolute Gasteiger partial charge is 0.494 e. The number of nitrogens with two attached hydrogens (primary N) is 1. The van der Waals surface area contributed by atoms with Crippen molar-refractivity contribution in [2.75, 3.05) is 78.4 Å². The molecular formula is C50H71N7O10. The molecule has 67 heavy (non-hydrogen) atoms. The van der Waals surface area contributed by atoms with E-state index in [9.17, 15) is 14.4 Å². The Morgan fingerprint density at radius 2 is 1.51 bits per heavy atom. The number of methoxy groups -OCH3 is 1. The van der Waals surface area contributed by atoms with E-state index in [1.165, 1.54) is 7.11 Å². The SMILES string of the molecule is COC(=O)CCCCCOCCOCCOCCCCCCOc1ccc2c(c1)[C@H](NC(=O)c1cccc(NC3(C(N)=NC(=N)c4ccncc4)CCN(C(=O)OC(C)(C)C)CC3)c1)CCO2. The number of rotatable bonds is 26. The first-order chi connectivity index (χ1) is 32.4. The quantitative estimate of drug-likeness (QED) is 0.0264. The number of fused-ring (bicyclic) bond motifs is 1. The second-order valence-electron chi connectivity index (χ2n) is 17.7. The van der Waals surface area contributed by atoms with Gasteiger partial charge in [-0.1, -0.05) is 18.9 Å². The molecule has 2 aliphatic rings. The van der Waals surface area contributed by atoms with Crippen LogP contribution < -0.4 is 25.8 Å². The number of hydrogen-bond acceptors (Lipinski definition) is 13. The van der Waals surface area contributed by atoms with Crippen molar-refractivity contribution in [1.82, 2.24) is 15.2 Å². The Kier molecular flexibility index (Phi) is 21.1. The van der Waals surface area contributed by atoms with Crippen LogP contribution >= 0.6 is 0 Å². The van der Waals surface area contributed by atoms with Crippen molar-refractivity contribution in [2.45, 2.75) is 109 Å². The van der Waals surface area contributed by atoms with E-state index in [2.05, 4.69) is 25.3 Å². The molecule has 1 saturated heterocycles. The van der Waals surface area contributed by atoms with E-state index < -0.39 is 17.2 Å². The Balaban J connectivity index is 1.05. The van der Waals surface area contributed by atoms with Crippen LogP contribution in [0.15, 0.2) is 72.0 Å². The Labute approximate surface area is 395 Å². The van der Waals surface area contributed by atoms with Gasteiger partial charge < -0.3 is 54.4 Å². The minimum Gasteiger partial charge on any atom is -0.494 e. The summed E-state index contributed by atoms with van der Waals surface area (Å²) in [5.74, 6) is 1.20. The average molecular weight is 930 g/mol. The number of anilines is 1. The van der Waals surface area contributed by atoms with Gasteiger partial charge in [0.2, 0.25) is 0 Å². The van der Waals surface area contributed by atoms with E-state index in [1.54, 1.807) is 41.6 Å². The molecule has 3 heterocycles. The van der Waals surface area contributed by atoms with Crippen molar-refractivity contribution in [3.63, 3.8) is 0 Å². The lowest BCUT2D eigenvalue weighted by Crippen LogP contribution is -2.58. The Bertz CT molecular complexity index is 2050. The zero-order valence-corrected chi connectivity index (χ0v) is 39.8. The fourth-order valence-corrected chi connectivity index (χ4v) is 7.66. The number of ether oxygens (including phenoxy) is 7. The number of amidine groups is 2. The van der Waals surface area contributed by atoms with Crippen LogP contribution in [0.3, 0.4) is 0 Å². The minimum absolute atomic E-state index is 0.0116. The monoisotopic (exact) mass is 930 g/mol. The molecule has 1 fully saturated rings. The molecule has 3 aromatic rings. The van der Waals surface area contributed by atoms with E-state index in [-0.39, 0.29) is 29.6 Å². The van der Waals surface area contributed by atoms with Crippen LogP contribution in [0.2, 0.25) is 0 Å². The van der Waals surface area contributed by atoms with Gasteiger partial charge >= 0.3 is 12.1 Å². The van der Waals surface area contributed by atoms with Crippen LogP contribution in [-0.4, -0.2) is 124 Å². The molecule has 0 spiro atoms. The lowest BCUT2D eigenvalue weighted by Gasteiger charge is -2.42. The number of carbonyl (C=O) groups excluding carboxylic acids is 3. The number of benzene rings is 2. The van der Waals surface area contributed by atoms with Crippen LogP contribution in [-0.2, 0) is 28.5 Å². The van der Waals surface area contributed by atoms with Crippen LogP contribution in [0.4, 0.5) is 10.5 Å². The average Bonchev–Trinajstić information content (AvgIpc) is 3.32. The summed E-state index contributed by atoms with van der Waals surface area (Å²) in [6.45, 7) is 10.7. The van der Waals surface area contributed by atoms with E-state index in [0.29, 0.717) is 114 Å². The van der Waals surface area contributed by atoms with Gasteiger partial charge in [-0.2, -0.15) is 0 Å². The molecule has 5 N–H and O–H groups in total. The van der Waals surface area contributed by atoms with E-state index >= 15 is 0 Å². The van der Waals surface area contributed by atoms with E-state index in [0.717, 1.165) is 56.3 Å². The first-order valence-electron chi connectivity index (χ1n) is 23.6. The number of nitrogens with zero attached hydrogens (tertiary/aromatic N) is 3. The number of amides is 2. The lowest BCUT2D eigenvalue weighted by atomic mass is 9.85. The van der Waals surface area contributed by atoms with Crippen LogP contribution in [0.5, 0.6) is 11.5 Å². The van der Waals surface area contributed by atoms with Gasteiger partial charge in [-0.3, -0.25) is 20.0 Å². The molecule has 0 aliphatic carbocycles. The number of carbonyl (C=O) groups is 3. The fourth-order valence-electron chi connectivity index (χ4n) is 7.66. The molecule has 2 amide bonds. The number of hydrogen-bond donors (Lipinski definition) is 4. The maximum absolute atomic E-state index is 13.9. The number of aromatic nitrogens is 1. The number of unbranched alkanes of at least 4 members (excludes halogenated alkanes) is 5. The van der Waals surface area contributed by atoms with Crippen molar-refractivity contribution >= 4 is 35.3 Å². The van der Waals surface area contributed by atoms with Gasteiger partial charge in [0.25, 0.3) is 5.91 Å². The summed E-state index contributed by atoms with van der Waals surface area (Å²) in [7, 11) is 1.41. The highest BCUT2D eigenvalue weighted by atomic mass is 16.6. The number of esters is 1. The highest BCUT2D eigenvalue weighted by Crippen LogP contribution is 2.36. The number of likely N-dealkylation sites (tertiary alicyclic amines) is 1. The van der Waals surface area contributed by atoms with Gasteiger partial charge in [0, 0.05) is 73.9 Å². The van der Waals surface area contributed by atoms with Crippen LogP contribution in [0.1, 0.15) is 119 Å².